The van der Waals surface area contributed by atoms with E-state index in [9.17, 15) is 4.79 Å². The Bertz CT molecular complexity index is 178. The summed E-state index contributed by atoms with van der Waals surface area (Å²) in [5.41, 5.74) is 0. The molecule has 1 amide bonds. The molecule has 0 aromatic heterocycles. The number of unbranched alkanes of at least 4 members (excludes halogenated alkanes) is 8. The molecule has 0 aliphatic heterocycles. The van der Waals surface area contributed by atoms with Gasteiger partial charge < -0.3 is 5.32 Å². The summed E-state index contributed by atoms with van der Waals surface area (Å²) in [6.07, 6.45) is 13.2. The van der Waals surface area contributed by atoms with Crippen LogP contribution in [0.1, 0.15) is 64.7 Å². The number of carbonyl (C=O) groups is 1. The van der Waals surface area contributed by atoms with Crippen LogP contribution in [0.15, 0.2) is 12.7 Å². The van der Waals surface area contributed by atoms with E-state index >= 15 is 0 Å². The molecule has 0 rings (SSSR count). The van der Waals surface area contributed by atoms with Gasteiger partial charge in [0.15, 0.2) is 0 Å². The van der Waals surface area contributed by atoms with Crippen molar-refractivity contribution >= 4 is 5.91 Å². The van der Waals surface area contributed by atoms with Crippen LogP contribution in [-0.4, -0.2) is 12.5 Å². The minimum absolute atomic E-state index is 0.0560. The minimum Gasteiger partial charge on any atom is -0.353 e. The van der Waals surface area contributed by atoms with Gasteiger partial charge in [-0.1, -0.05) is 64.9 Å². The summed E-state index contributed by atoms with van der Waals surface area (Å²) in [6.45, 7) is 6.45. The average molecular weight is 225 g/mol. The first-order chi connectivity index (χ1) is 7.81. The molecule has 2 nitrogen and oxygen atoms in total. The quantitative estimate of drug-likeness (QED) is 0.420. The Hall–Kier alpha value is -0.790. The van der Waals surface area contributed by atoms with E-state index in [0.29, 0.717) is 0 Å². The van der Waals surface area contributed by atoms with Gasteiger partial charge in [0.05, 0.1) is 0 Å². The molecule has 2 heteroatoms. The van der Waals surface area contributed by atoms with Gasteiger partial charge in [0.25, 0.3) is 0 Å². The number of hydrogen-bond acceptors (Lipinski definition) is 1. The van der Waals surface area contributed by atoms with Crippen LogP contribution >= 0.6 is 0 Å². The lowest BCUT2D eigenvalue weighted by atomic mass is 10.1. The molecule has 0 aliphatic carbocycles. The van der Waals surface area contributed by atoms with Crippen LogP contribution in [0.5, 0.6) is 0 Å². The van der Waals surface area contributed by atoms with Gasteiger partial charge >= 0.3 is 0 Å². The molecule has 0 fully saturated rings. The van der Waals surface area contributed by atoms with Crippen LogP contribution in [0, 0.1) is 0 Å². The van der Waals surface area contributed by atoms with E-state index in [-0.39, 0.29) is 5.91 Å². The molecule has 0 radical (unpaired) electrons. The molecule has 0 atom stereocenters. The molecule has 1 N–H and O–H groups in total. The second-order valence-electron chi connectivity index (χ2n) is 4.32. The lowest BCUT2D eigenvalue weighted by Crippen LogP contribution is -2.21. The maximum Gasteiger partial charge on any atom is 0.243 e. The van der Waals surface area contributed by atoms with Crippen molar-refractivity contribution in [3.05, 3.63) is 12.7 Å². The molecule has 0 aromatic carbocycles. The van der Waals surface area contributed by atoms with Gasteiger partial charge in [0.1, 0.15) is 0 Å². The van der Waals surface area contributed by atoms with E-state index < -0.39 is 0 Å². The standard InChI is InChI=1S/C14H27NO/c1-3-5-6-7-8-9-10-11-12-13-15-14(16)4-2/h4H,2-3,5-13H2,1H3,(H,15,16). The number of nitrogens with one attached hydrogen (secondary N) is 1. The summed E-state index contributed by atoms with van der Waals surface area (Å²) >= 11 is 0. The lowest BCUT2D eigenvalue weighted by Gasteiger charge is -2.02. The topological polar surface area (TPSA) is 29.1 Å². The summed E-state index contributed by atoms with van der Waals surface area (Å²) in [6, 6.07) is 0. The molecular weight excluding hydrogens is 198 g/mol. The fraction of sp³-hybridized carbons (Fsp3) is 0.786. The normalized spacial score (nSPS) is 10.1. The molecule has 0 aliphatic rings. The lowest BCUT2D eigenvalue weighted by molar-refractivity contribution is -0.116. The van der Waals surface area contributed by atoms with Gasteiger partial charge in [-0.2, -0.15) is 0 Å². The zero-order valence-electron chi connectivity index (χ0n) is 10.8. The van der Waals surface area contributed by atoms with Crippen molar-refractivity contribution in [2.24, 2.45) is 0 Å². The van der Waals surface area contributed by atoms with Crippen LogP contribution in [0.4, 0.5) is 0 Å². The monoisotopic (exact) mass is 225 g/mol. The van der Waals surface area contributed by atoms with Crippen LogP contribution in [0.2, 0.25) is 0 Å². The van der Waals surface area contributed by atoms with Crippen molar-refractivity contribution < 1.29 is 4.79 Å². The predicted octanol–water partition coefficient (Wildman–Crippen LogP) is 3.82. The van der Waals surface area contributed by atoms with Gasteiger partial charge in [-0.3, -0.25) is 4.79 Å². The summed E-state index contributed by atoms with van der Waals surface area (Å²) in [5, 5.41) is 2.79. The molecule has 0 saturated carbocycles. The minimum atomic E-state index is -0.0560. The second-order valence-corrected chi connectivity index (χ2v) is 4.32. The summed E-state index contributed by atoms with van der Waals surface area (Å²) in [5.74, 6) is -0.0560. The first kappa shape index (κ1) is 15.2. The largest absolute Gasteiger partial charge is 0.353 e. The zero-order valence-corrected chi connectivity index (χ0v) is 10.8. The Labute approximate surface area is 101 Å². The number of amides is 1. The fourth-order valence-electron chi connectivity index (χ4n) is 1.72. The Morgan fingerprint density at radius 1 is 1.00 bits per heavy atom. The maximum absolute atomic E-state index is 10.8. The molecule has 0 heterocycles. The third-order valence-electron chi connectivity index (χ3n) is 2.76. The van der Waals surface area contributed by atoms with Crippen molar-refractivity contribution in [2.75, 3.05) is 6.54 Å². The molecule has 0 aromatic rings. The van der Waals surface area contributed by atoms with Crippen molar-refractivity contribution in [1.29, 1.82) is 0 Å². The molecule has 94 valence electrons. The van der Waals surface area contributed by atoms with Crippen molar-refractivity contribution in [3.8, 4) is 0 Å². The van der Waals surface area contributed by atoms with Gasteiger partial charge in [-0.05, 0) is 12.5 Å². The second kappa shape index (κ2) is 12.3. The van der Waals surface area contributed by atoms with E-state index in [1.165, 1.54) is 57.4 Å². The van der Waals surface area contributed by atoms with Crippen molar-refractivity contribution in [3.63, 3.8) is 0 Å². The molecule has 0 spiro atoms. The highest BCUT2D eigenvalue weighted by Gasteiger charge is 1.94. The number of rotatable bonds is 11. The average Bonchev–Trinajstić information content (AvgIpc) is 2.31. The molecular formula is C14H27NO. The van der Waals surface area contributed by atoms with Crippen LogP contribution in [-0.2, 0) is 4.79 Å². The van der Waals surface area contributed by atoms with Crippen LogP contribution in [0.25, 0.3) is 0 Å². The van der Waals surface area contributed by atoms with Gasteiger partial charge in [-0.25, -0.2) is 0 Å². The van der Waals surface area contributed by atoms with E-state index in [1.807, 2.05) is 0 Å². The van der Waals surface area contributed by atoms with Gasteiger partial charge in [-0.15, -0.1) is 0 Å². The molecule has 16 heavy (non-hydrogen) atoms. The van der Waals surface area contributed by atoms with E-state index in [4.69, 9.17) is 0 Å². The highest BCUT2D eigenvalue weighted by atomic mass is 16.1. The van der Waals surface area contributed by atoms with E-state index in [1.54, 1.807) is 0 Å². The Kier molecular flexibility index (Phi) is 11.7. The van der Waals surface area contributed by atoms with Crippen molar-refractivity contribution in [1.82, 2.24) is 5.32 Å². The Morgan fingerprint density at radius 3 is 2.00 bits per heavy atom. The maximum atomic E-state index is 10.8. The molecule has 0 bridgehead atoms. The predicted molar refractivity (Wildman–Crippen MR) is 70.4 cm³/mol. The summed E-state index contributed by atoms with van der Waals surface area (Å²) < 4.78 is 0. The fourth-order valence-corrected chi connectivity index (χ4v) is 1.72. The SMILES string of the molecule is C=CC(=O)NCCCCCCCCCCC. The third-order valence-corrected chi connectivity index (χ3v) is 2.76. The molecule has 0 unspecified atom stereocenters. The van der Waals surface area contributed by atoms with Gasteiger partial charge in [0, 0.05) is 6.54 Å². The summed E-state index contributed by atoms with van der Waals surface area (Å²) in [7, 11) is 0. The molecule has 0 saturated heterocycles. The number of hydrogen-bond donors (Lipinski definition) is 1. The number of carbonyl (C=O) groups excluding carboxylic acids is 1. The van der Waals surface area contributed by atoms with Crippen LogP contribution in [0.3, 0.4) is 0 Å². The third kappa shape index (κ3) is 11.3. The van der Waals surface area contributed by atoms with E-state index in [0.717, 1.165) is 13.0 Å². The zero-order chi connectivity index (χ0) is 12.1. The summed E-state index contributed by atoms with van der Waals surface area (Å²) in [4.78, 5) is 10.8. The van der Waals surface area contributed by atoms with Gasteiger partial charge in [0.2, 0.25) is 5.91 Å². The Balaban J connectivity index is 2.98. The Morgan fingerprint density at radius 2 is 1.50 bits per heavy atom. The highest BCUT2D eigenvalue weighted by Crippen LogP contribution is 2.09. The first-order valence-electron chi connectivity index (χ1n) is 6.71. The smallest absolute Gasteiger partial charge is 0.243 e. The first-order valence-corrected chi connectivity index (χ1v) is 6.71. The van der Waals surface area contributed by atoms with Crippen molar-refractivity contribution in [2.45, 2.75) is 64.7 Å². The van der Waals surface area contributed by atoms with E-state index in [2.05, 4.69) is 18.8 Å². The van der Waals surface area contributed by atoms with Crippen LogP contribution < -0.4 is 5.32 Å². The highest BCUT2D eigenvalue weighted by molar-refractivity contribution is 5.86.